The van der Waals surface area contributed by atoms with Crippen molar-refractivity contribution in [2.24, 2.45) is 5.92 Å². The van der Waals surface area contributed by atoms with Gasteiger partial charge in [0, 0.05) is 32.1 Å². The third-order valence-electron chi connectivity index (χ3n) is 5.87. The summed E-state index contributed by atoms with van der Waals surface area (Å²) >= 11 is 1.58. The van der Waals surface area contributed by atoms with Crippen molar-refractivity contribution in [3.05, 3.63) is 30.3 Å². The van der Waals surface area contributed by atoms with Gasteiger partial charge in [0.25, 0.3) is 0 Å². The average Bonchev–Trinajstić information content (AvgIpc) is 3.31. The Hall–Kier alpha value is -1.58. The lowest BCUT2D eigenvalue weighted by molar-refractivity contribution is -0.142. The zero-order valence-corrected chi connectivity index (χ0v) is 19.1. The predicted octanol–water partition coefficient (Wildman–Crippen LogP) is 1.95. The second-order valence-corrected chi connectivity index (χ2v) is 10.6. The topological polar surface area (TPSA) is 86.8 Å². The van der Waals surface area contributed by atoms with Crippen LogP contribution in [0.4, 0.5) is 0 Å². The largest absolute Gasteiger partial charge is 0.339 e. The number of piperazine rings is 1. The van der Waals surface area contributed by atoms with Crippen molar-refractivity contribution >= 4 is 33.6 Å². The third kappa shape index (κ3) is 5.76. The minimum Gasteiger partial charge on any atom is -0.339 e. The van der Waals surface area contributed by atoms with E-state index in [1.165, 1.54) is 12.1 Å². The molecule has 1 aromatic carbocycles. The van der Waals surface area contributed by atoms with Crippen LogP contribution in [0.1, 0.15) is 32.1 Å². The van der Waals surface area contributed by atoms with Crippen LogP contribution < -0.4 is 4.72 Å². The fourth-order valence-electron chi connectivity index (χ4n) is 4.12. The Labute approximate surface area is 183 Å². The molecule has 7 nitrogen and oxygen atoms in total. The number of nitrogens with zero attached hydrogens (tertiary/aromatic N) is 2. The Morgan fingerprint density at radius 2 is 1.67 bits per heavy atom. The summed E-state index contributed by atoms with van der Waals surface area (Å²) in [6.07, 6.45) is 6.53. The highest BCUT2D eigenvalue weighted by Crippen LogP contribution is 2.27. The first-order valence-corrected chi connectivity index (χ1v) is 13.4. The standard InChI is InChI=1S/C21H31N3O4S2/c1-29-16-11-19(22-30(27,28)18-9-3-2-4-10-18)21(26)24-14-12-23(13-15-24)20(25)17-7-5-6-8-17/h2-4,9-10,17,19,22H,5-8,11-16H2,1H3. The Kier molecular flexibility index (Phi) is 8.19. The molecule has 1 aliphatic carbocycles. The fourth-order valence-corrected chi connectivity index (χ4v) is 5.84. The highest BCUT2D eigenvalue weighted by Gasteiger charge is 2.33. The number of hydrogen-bond donors (Lipinski definition) is 1. The molecular formula is C21H31N3O4S2. The van der Waals surface area contributed by atoms with Gasteiger partial charge in [-0.15, -0.1) is 0 Å². The molecule has 0 bridgehead atoms. The predicted molar refractivity (Wildman–Crippen MR) is 119 cm³/mol. The number of nitrogens with one attached hydrogen (secondary N) is 1. The van der Waals surface area contributed by atoms with E-state index in [9.17, 15) is 18.0 Å². The van der Waals surface area contributed by atoms with Crippen LogP contribution in [0.2, 0.25) is 0 Å². The Morgan fingerprint density at radius 1 is 1.07 bits per heavy atom. The molecule has 1 heterocycles. The van der Waals surface area contributed by atoms with E-state index in [-0.39, 0.29) is 22.6 Å². The maximum absolute atomic E-state index is 13.1. The Balaban J connectivity index is 1.62. The zero-order valence-electron chi connectivity index (χ0n) is 17.5. The molecule has 30 heavy (non-hydrogen) atoms. The molecule has 0 radical (unpaired) electrons. The normalized spacial score (nSPS) is 19.1. The molecule has 1 saturated heterocycles. The van der Waals surface area contributed by atoms with Crippen LogP contribution in [0, 0.1) is 5.92 Å². The summed E-state index contributed by atoms with van der Waals surface area (Å²) in [7, 11) is -3.78. The van der Waals surface area contributed by atoms with Crippen LogP contribution in [0.25, 0.3) is 0 Å². The summed E-state index contributed by atoms with van der Waals surface area (Å²) in [6.45, 7) is 1.92. The van der Waals surface area contributed by atoms with E-state index < -0.39 is 16.1 Å². The molecule has 1 saturated carbocycles. The minimum atomic E-state index is -3.78. The van der Waals surface area contributed by atoms with Crippen molar-refractivity contribution in [2.75, 3.05) is 38.2 Å². The average molecular weight is 454 g/mol. The van der Waals surface area contributed by atoms with E-state index in [1.54, 1.807) is 34.9 Å². The Morgan fingerprint density at radius 3 is 2.27 bits per heavy atom. The van der Waals surface area contributed by atoms with Crippen LogP contribution in [-0.4, -0.2) is 74.3 Å². The molecule has 2 amide bonds. The number of carbonyl (C=O) groups excluding carboxylic acids is 2. The van der Waals surface area contributed by atoms with Gasteiger partial charge < -0.3 is 9.80 Å². The van der Waals surface area contributed by atoms with Crippen LogP contribution in [0.3, 0.4) is 0 Å². The highest BCUT2D eigenvalue weighted by molar-refractivity contribution is 7.98. The first kappa shape index (κ1) is 23.1. The van der Waals surface area contributed by atoms with E-state index in [2.05, 4.69) is 4.72 Å². The maximum Gasteiger partial charge on any atom is 0.241 e. The lowest BCUT2D eigenvalue weighted by atomic mass is 10.1. The van der Waals surface area contributed by atoms with Crippen molar-refractivity contribution in [1.29, 1.82) is 0 Å². The number of hydrogen-bond acceptors (Lipinski definition) is 5. The van der Waals surface area contributed by atoms with Gasteiger partial charge in [-0.1, -0.05) is 31.0 Å². The van der Waals surface area contributed by atoms with Crippen LogP contribution in [-0.2, 0) is 19.6 Å². The molecule has 3 rings (SSSR count). The van der Waals surface area contributed by atoms with Gasteiger partial charge in [-0.3, -0.25) is 9.59 Å². The molecule has 9 heteroatoms. The minimum absolute atomic E-state index is 0.138. The second kappa shape index (κ2) is 10.6. The van der Waals surface area contributed by atoms with Gasteiger partial charge in [-0.05, 0) is 43.4 Å². The lowest BCUT2D eigenvalue weighted by Crippen LogP contribution is -2.56. The third-order valence-corrected chi connectivity index (χ3v) is 8.00. The van der Waals surface area contributed by atoms with E-state index in [1.807, 2.05) is 11.2 Å². The molecule has 1 unspecified atom stereocenters. The summed E-state index contributed by atoms with van der Waals surface area (Å²) in [6, 6.07) is 7.31. The summed E-state index contributed by atoms with van der Waals surface area (Å²) < 4.78 is 28.1. The summed E-state index contributed by atoms with van der Waals surface area (Å²) in [5.74, 6) is 0.813. The van der Waals surface area contributed by atoms with Gasteiger partial charge in [0.05, 0.1) is 4.90 Å². The van der Waals surface area contributed by atoms with Gasteiger partial charge in [-0.2, -0.15) is 16.5 Å². The fraction of sp³-hybridized carbons (Fsp3) is 0.619. The highest BCUT2D eigenvalue weighted by atomic mass is 32.2. The van der Waals surface area contributed by atoms with Gasteiger partial charge in [0.15, 0.2) is 0 Å². The summed E-state index contributed by atoms with van der Waals surface area (Å²) in [5.41, 5.74) is 0. The van der Waals surface area contributed by atoms with Crippen LogP contribution >= 0.6 is 11.8 Å². The van der Waals surface area contributed by atoms with Gasteiger partial charge in [0.2, 0.25) is 21.8 Å². The molecular weight excluding hydrogens is 422 g/mol. The molecule has 166 valence electrons. The van der Waals surface area contributed by atoms with Gasteiger partial charge in [-0.25, -0.2) is 8.42 Å². The SMILES string of the molecule is CSCCC(NS(=O)(=O)c1ccccc1)C(=O)N1CCN(C(=O)C2CCCC2)CC1. The molecule has 2 aliphatic rings. The monoisotopic (exact) mass is 453 g/mol. The molecule has 2 fully saturated rings. The molecule has 1 aliphatic heterocycles. The van der Waals surface area contributed by atoms with Crippen molar-refractivity contribution in [3.63, 3.8) is 0 Å². The Bertz CT molecular complexity index is 818. The van der Waals surface area contributed by atoms with E-state index in [0.29, 0.717) is 38.4 Å². The summed E-state index contributed by atoms with van der Waals surface area (Å²) in [5, 5.41) is 0. The smallest absolute Gasteiger partial charge is 0.241 e. The quantitative estimate of drug-likeness (QED) is 0.650. The first-order valence-electron chi connectivity index (χ1n) is 10.6. The van der Waals surface area contributed by atoms with E-state index in [0.717, 1.165) is 25.7 Å². The molecule has 0 aromatic heterocycles. The van der Waals surface area contributed by atoms with Crippen molar-refractivity contribution < 1.29 is 18.0 Å². The number of thioether (sulfide) groups is 1. The van der Waals surface area contributed by atoms with Crippen molar-refractivity contribution in [1.82, 2.24) is 14.5 Å². The van der Waals surface area contributed by atoms with Gasteiger partial charge in [0.1, 0.15) is 6.04 Å². The summed E-state index contributed by atoms with van der Waals surface area (Å²) in [4.78, 5) is 29.5. The van der Waals surface area contributed by atoms with Gasteiger partial charge >= 0.3 is 0 Å². The van der Waals surface area contributed by atoms with Crippen molar-refractivity contribution in [3.8, 4) is 0 Å². The molecule has 1 atom stereocenters. The van der Waals surface area contributed by atoms with E-state index >= 15 is 0 Å². The number of benzene rings is 1. The number of amides is 2. The maximum atomic E-state index is 13.1. The van der Waals surface area contributed by atoms with Crippen LogP contribution in [0.5, 0.6) is 0 Å². The van der Waals surface area contributed by atoms with Crippen LogP contribution in [0.15, 0.2) is 35.2 Å². The number of carbonyl (C=O) groups is 2. The lowest BCUT2D eigenvalue weighted by Gasteiger charge is -2.37. The number of sulfonamides is 1. The van der Waals surface area contributed by atoms with E-state index in [4.69, 9.17) is 0 Å². The molecule has 1 aromatic rings. The first-order chi connectivity index (χ1) is 14.4. The molecule has 1 N–H and O–H groups in total. The number of rotatable bonds is 8. The zero-order chi connectivity index (χ0) is 21.6. The molecule has 0 spiro atoms. The van der Waals surface area contributed by atoms with Crippen molar-refractivity contribution in [2.45, 2.75) is 43.0 Å². The second-order valence-electron chi connectivity index (χ2n) is 7.90.